The number of nitrogens with one attached hydrogen (secondary N) is 1. The number of guanidine groups is 1. The first-order valence-electron chi connectivity index (χ1n) is 8.60. The lowest BCUT2D eigenvalue weighted by molar-refractivity contribution is 0.224. The number of hydrogen-bond acceptors (Lipinski definition) is 2. The lowest BCUT2D eigenvalue weighted by Gasteiger charge is -2.26. The number of nitrogens with zero attached hydrogens (tertiary/aromatic N) is 2. The molecule has 0 spiro atoms. The summed E-state index contributed by atoms with van der Waals surface area (Å²) in [4.78, 5) is 6.99. The molecule has 0 bridgehead atoms. The highest BCUT2D eigenvalue weighted by Gasteiger charge is 2.08. The zero-order chi connectivity index (χ0) is 15.6. The summed E-state index contributed by atoms with van der Waals surface area (Å²) in [5, 5.41) is 3.13. The van der Waals surface area contributed by atoms with Gasteiger partial charge in [-0.25, -0.2) is 0 Å². The van der Waals surface area contributed by atoms with Gasteiger partial charge in [0, 0.05) is 12.2 Å². The van der Waals surface area contributed by atoms with Crippen LogP contribution < -0.4 is 11.1 Å². The predicted molar refractivity (Wildman–Crippen MR) is 95.4 cm³/mol. The highest BCUT2D eigenvalue weighted by atomic mass is 15.1. The Labute approximate surface area is 134 Å². The van der Waals surface area contributed by atoms with E-state index in [1.165, 1.54) is 57.3 Å². The van der Waals surface area contributed by atoms with E-state index < -0.39 is 0 Å². The smallest absolute Gasteiger partial charge is 0.193 e. The largest absolute Gasteiger partial charge is 0.370 e. The molecule has 0 atom stereocenters. The minimum Gasteiger partial charge on any atom is -0.370 e. The van der Waals surface area contributed by atoms with Crippen molar-refractivity contribution in [2.45, 2.75) is 45.4 Å². The van der Waals surface area contributed by atoms with Crippen molar-refractivity contribution >= 4 is 11.6 Å². The Hall–Kier alpha value is -1.55. The van der Waals surface area contributed by atoms with Gasteiger partial charge in [-0.2, -0.15) is 0 Å². The third-order valence-electron chi connectivity index (χ3n) is 4.19. The highest BCUT2D eigenvalue weighted by Crippen LogP contribution is 2.10. The zero-order valence-corrected chi connectivity index (χ0v) is 13.9. The highest BCUT2D eigenvalue weighted by molar-refractivity contribution is 5.92. The van der Waals surface area contributed by atoms with Crippen LogP contribution in [0.5, 0.6) is 0 Å². The molecular weight excluding hydrogens is 272 g/mol. The van der Waals surface area contributed by atoms with Gasteiger partial charge in [0.05, 0.1) is 0 Å². The Bertz CT molecular complexity index is 447. The molecule has 1 heterocycles. The SMILES string of the molecule is Cc1ccc(NC(N)=NCCCCCN2CCCCC2)cc1. The monoisotopic (exact) mass is 302 g/mol. The molecule has 1 fully saturated rings. The van der Waals surface area contributed by atoms with Crippen LogP contribution >= 0.6 is 0 Å². The lowest BCUT2D eigenvalue weighted by Crippen LogP contribution is -2.30. The number of piperidine rings is 1. The molecule has 1 aromatic rings. The molecule has 22 heavy (non-hydrogen) atoms. The molecule has 0 radical (unpaired) electrons. The maximum absolute atomic E-state index is 5.91. The third kappa shape index (κ3) is 6.48. The number of benzene rings is 1. The van der Waals surface area contributed by atoms with Crippen molar-refractivity contribution in [1.29, 1.82) is 0 Å². The molecule has 4 nitrogen and oxygen atoms in total. The first kappa shape index (κ1) is 16.8. The van der Waals surface area contributed by atoms with Gasteiger partial charge in [-0.15, -0.1) is 0 Å². The van der Waals surface area contributed by atoms with Gasteiger partial charge in [0.25, 0.3) is 0 Å². The quantitative estimate of drug-likeness (QED) is 0.461. The molecule has 4 heteroatoms. The van der Waals surface area contributed by atoms with Gasteiger partial charge in [0.2, 0.25) is 0 Å². The van der Waals surface area contributed by atoms with Gasteiger partial charge >= 0.3 is 0 Å². The Morgan fingerprint density at radius 3 is 2.55 bits per heavy atom. The molecule has 0 unspecified atom stereocenters. The summed E-state index contributed by atoms with van der Waals surface area (Å²) < 4.78 is 0. The summed E-state index contributed by atoms with van der Waals surface area (Å²) in [6, 6.07) is 8.18. The van der Waals surface area contributed by atoms with E-state index in [1.54, 1.807) is 0 Å². The number of nitrogens with two attached hydrogens (primary N) is 1. The minimum absolute atomic E-state index is 0.514. The van der Waals surface area contributed by atoms with Crippen LogP contribution in [-0.2, 0) is 0 Å². The van der Waals surface area contributed by atoms with Crippen molar-refractivity contribution in [3.63, 3.8) is 0 Å². The van der Waals surface area contributed by atoms with E-state index in [1.807, 2.05) is 12.1 Å². The predicted octanol–water partition coefficient (Wildman–Crippen LogP) is 3.38. The van der Waals surface area contributed by atoms with Crippen molar-refractivity contribution in [2.24, 2.45) is 10.7 Å². The summed E-state index contributed by atoms with van der Waals surface area (Å²) in [6.07, 6.45) is 7.80. The summed E-state index contributed by atoms with van der Waals surface area (Å²) in [6.45, 7) is 6.73. The maximum Gasteiger partial charge on any atom is 0.193 e. The van der Waals surface area contributed by atoms with E-state index in [0.717, 1.165) is 18.7 Å². The van der Waals surface area contributed by atoms with Crippen molar-refractivity contribution in [1.82, 2.24) is 4.90 Å². The molecule has 3 N–H and O–H groups in total. The second kappa shape index (κ2) is 9.46. The molecule has 2 rings (SSSR count). The minimum atomic E-state index is 0.514. The van der Waals surface area contributed by atoms with Crippen LogP contribution in [0.25, 0.3) is 0 Å². The molecule has 122 valence electrons. The van der Waals surface area contributed by atoms with Crippen LogP contribution in [0, 0.1) is 6.92 Å². The number of aliphatic imine (C=N–C) groups is 1. The van der Waals surface area contributed by atoms with Crippen LogP contribution in [0.2, 0.25) is 0 Å². The summed E-state index contributed by atoms with van der Waals surface area (Å²) in [7, 11) is 0. The van der Waals surface area contributed by atoms with E-state index in [9.17, 15) is 0 Å². The lowest BCUT2D eigenvalue weighted by atomic mass is 10.1. The van der Waals surface area contributed by atoms with Crippen LogP contribution in [0.1, 0.15) is 44.1 Å². The van der Waals surface area contributed by atoms with Gasteiger partial charge in [-0.05, 0) is 64.4 Å². The van der Waals surface area contributed by atoms with Crippen LogP contribution in [0.3, 0.4) is 0 Å². The fraction of sp³-hybridized carbons (Fsp3) is 0.611. The second-order valence-corrected chi connectivity index (χ2v) is 6.22. The van der Waals surface area contributed by atoms with Crippen molar-refractivity contribution in [3.8, 4) is 0 Å². The summed E-state index contributed by atoms with van der Waals surface area (Å²) >= 11 is 0. The second-order valence-electron chi connectivity index (χ2n) is 6.22. The number of anilines is 1. The summed E-state index contributed by atoms with van der Waals surface area (Å²) in [5.41, 5.74) is 8.15. The topological polar surface area (TPSA) is 53.6 Å². The molecular formula is C18H30N4. The molecule has 1 aliphatic heterocycles. The van der Waals surface area contributed by atoms with Crippen molar-refractivity contribution < 1.29 is 0 Å². The average Bonchev–Trinajstić information content (AvgIpc) is 2.54. The normalized spacial score (nSPS) is 16.7. The molecule has 0 aromatic heterocycles. The number of likely N-dealkylation sites (tertiary alicyclic amines) is 1. The maximum atomic E-state index is 5.91. The van der Waals surface area contributed by atoms with E-state index >= 15 is 0 Å². The number of hydrogen-bond donors (Lipinski definition) is 2. The first-order valence-corrected chi connectivity index (χ1v) is 8.60. The molecule has 0 saturated carbocycles. The van der Waals surface area contributed by atoms with Crippen molar-refractivity contribution in [3.05, 3.63) is 29.8 Å². The van der Waals surface area contributed by atoms with Crippen LogP contribution in [0.15, 0.2) is 29.3 Å². The Morgan fingerprint density at radius 1 is 1.09 bits per heavy atom. The Balaban J connectivity index is 1.55. The number of unbranched alkanes of at least 4 members (excludes halogenated alkanes) is 2. The van der Waals surface area contributed by atoms with Gasteiger partial charge in [0.1, 0.15) is 0 Å². The fourth-order valence-electron chi connectivity index (χ4n) is 2.83. The van der Waals surface area contributed by atoms with Gasteiger partial charge in [0.15, 0.2) is 5.96 Å². The van der Waals surface area contributed by atoms with Gasteiger partial charge in [-0.3, -0.25) is 4.99 Å². The summed E-state index contributed by atoms with van der Waals surface area (Å²) in [5.74, 6) is 0.514. The first-order chi connectivity index (χ1) is 10.7. The molecule has 0 aliphatic carbocycles. The van der Waals surface area contributed by atoms with E-state index in [2.05, 4.69) is 34.3 Å². The fourth-order valence-corrected chi connectivity index (χ4v) is 2.83. The van der Waals surface area contributed by atoms with Gasteiger partial charge in [-0.1, -0.05) is 30.5 Å². The van der Waals surface area contributed by atoms with Crippen LogP contribution in [0.4, 0.5) is 5.69 Å². The average molecular weight is 302 g/mol. The number of aryl methyl sites for hydroxylation is 1. The molecule has 1 aromatic carbocycles. The molecule has 1 aliphatic rings. The number of rotatable bonds is 7. The van der Waals surface area contributed by atoms with E-state index in [-0.39, 0.29) is 0 Å². The molecule has 0 amide bonds. The van der Waals surface area contributed by atoms with E-state index in [4.69, 9.17) is 5.73 Å². The third-order valence-corrected chi connectivity index (χ3v) is 4.19. The van der Waals surface area contributed by atoms with Gasteiger partial charge < -0.3 is 16.0 Å². The van der Waals surface area contributed by atoms with E-state index in [0.29, 0.717) is 5.96 Å². The van der Waals surface area contributed by atoms with Crippen molar-refractivity contribution in [2.75, 3.05) is 31.5 Å². The Kier molecular flexibility index (Phi) is 7.23. The standard InChI is InChI=1S/C18H30N4/c1-16-8-10-17(11-9-16)21-18(19)20-12-4-2-5-13-22-14-6-3-7-15-22/h8-11H,2-7,12-15H2,1H3,(H3,19,20,21). The molecule has 1 saturated heterocycles. The Morgan fingerprint density at radius 2 is 1.82 bits per heavy atom. The zero-order valence-electron chi connectivity index (χ0n) is 13.9. The van der Waals surface area contributed by atoms with Crippen LogP contribution in [-0.4, -0.2) is 37.0 Å².